The van der Waals surface area contributed by atoms with Crippen molar-refractivity contribution in [2.24, 2.45) is 10.8 Å². The Balaban J connectivity index is 0.000000649. The Morgan fingerprint density at radius 2 is 1.28 bits per heavy atom. The van der Waals surface area contributed by atoms with E-state index < -0.39 is 46.5 Å². The Kier molecular flexibility index (Phi) is 10.6. The van der Waals surface area contributed by atoms with E-state index in [0.717, 1.165) is 5.56 Å². The van der Waals surface area contributed by atoms with E-state index in [9.17, 15) is 19.2 Å². The monoisotopic (exact) mass is 451 g/mol. The number of rotatable bonds is 4. The van der Waals surface area contributed by atoms with E-state index >= 15 is 0 Å². The second-order valence-electron chi connectivity index (χ2n) is 10.4. The number of carboxylic acid groups (broad SMARTS) is 1. The average molecular weight is 452 g/mol. The maximum atomic E-state index is 11.6. The number of carboxylic acids is 1. The van der Waals surface area contributed by atoms with Gasteiger partial charge in [0.25, 0.3) is 0 Å². The highest BCUT2D eigenvalue weighted by molar-refractivity contribution is 5.90. The lowest BCUT2D eigenvalue weighted by molar-refractivity contribution is -0.171. The third kappa shape index (κ3) is 12.7. The van der Waals surface area contributed by atoms with Crippen molar-refractivity contribution in [2.75, 3.05) is 0 Å². The maximum absolute atomic E-state index is 11.6. The summed E-state index contributed by atoms with van der Waals surface area (Å²) in [7, 11) is 0. The number of ether oxygens (including phenoxy) is 2. The Labute approximate surface area is 190 Å². The molecule has 0 saturated carbocycles. The fourth-order valence-corrected chi connectivity index (χ4v) is 1.89. The first-order chi connectivity index (χ1) is 14.3. The first kappa shape index (κ1) is 29.1. The molecule has 0 aromatic heterocycles. The molecule has 1 amide bonds. The van der Waals surface area contributed by atoms with Gasteiger partial charge in [-0.1, -0.05) is 30.3 Å². The van der Waals surface area contributed by atoms with Gasteiger partial charge in [0.05, 0.1) is 10.8 Å². The minimum Gasteiger partial charge on any atom is -0.480 e. The van der Waals surface area contributed by atoms with Crippen LogP contribution in [0.3, 0.4) is 0 Å². The highest BCUT2D eigenvalue weighted by atomic mass is 16.6. The van der Waals surface area contributed by atoms with Crippen molar-refractivity contribution in [3.8, 4) is 0 Å². The van der Waals surface area contributed by atoms with Gasteiger partial charge in [-0.2, -0.15) is 0 Å². The Morgan fingerprint density at radius 3 is 1.62 bits per heavy atom. The van der Waals surface area contributed by atoms with Crippen molar-refractivity contribution in [3.63, 3.8) is 0 Å². The second kappa shape index (κ2) is 11.6. The van der Waals surface area contributed by atoms with Gasteiger partial charge in [0, 0.05) is 6.42 Å². The van der Waals surface area contributed by atoms with E-state index in [0.29, 0.717) is 0 Å². The lowest BCUT2D eigenvalue weighted by Gasteiger charge is -2.22. The van der Waals surface area contributed by atoms with Crippen LogP contribution in [0, 0.1) is 10.8 Å². The second-order valence-corrected chi connectivity index (χ2v) is 10.4. The van der Waals surface area contributed by atoms with Crippen LogP contribution in [0.2, 0.25) is 0 Å². The molecule has 0 heterocycles. The lowest BCUT2D eigenvalue weighted by Crippen LogP contribution is -2.44. The topological polar surface area (TPSA) is 119 Å². The number of aliphatic carboxylic acids is 1. The van der Waals surface area contributed by atoms with E-state index in [2.05, 4.69) is 5.32 Å². The Hall–Kier alpha value is -2.90. The molecular formula is C24H37NO7. The van der Waals surface area contributed by atoms with Crippen LogP contribution < -0.4 is 5.32 Å². The number of carbonyl (C=O) groups is 4. The van der Waals surface area contributed by atoms with Crippen LogP contribution in [0.4, 0.5) is 4.79 Å². The van der Waals surface area contributed by atoms with Gasteiger partial charge < -0.3 is 19.9 Å². The number of carbonyl (C=O) groups excluding carboxylic acids is 3. The highest BCUT2D eigenvalue weighted by Gasteiger charge is 2.31. The first-order valence-corrected chi connectivity index (χ1v) is 10.4. The van der Waals surface area contributed by atoms with Crippen molar-refractivity contribution in [1.82, 2.24) is 5.32 Å². The molecule has 1 rings (SSSR count). The quantitative estimate of drug-likeness (QED) is 0.516. The van der Waals surface area contributed by atoms with E-state index in [-0.39, 0.29) is 6.42 Å². The normalized spacial score (nSPS) is 12.5. The number of alkyl carbamates (subject to hydrolysis) is 1. The SMILES string of the molecule is CC(C)(C)C(=O)OC(=O)C(C)(C)C.CC(C)(C)OC(=O)NC(Cc1ccccc1)C(=O)O. The largest absolute Gasteiger partial charge is 0.480 e. The molecule has 0 aliphatic heterocycles. The number of nitrogens with one attached hydrogen (secondary N) is 1. The zero-order valence-electron chi connectivity index (χ0n) is 20.6. The molecule has 32 heavy (non-hydrogen) atoms. The summed E-state index contributed by atoms with van der Waals surface area (Å²) in [6.07, 6.45) is -0.508. The fraction of sp³-hybridized carbons (Fsp3) is 0.583. The molecule has 0 saturated heterocycles. The van der Waals surface area contributed by atoms with Crippen LogP contribution in [-0.4, -0.2) is 40.8 Å². The minimum atomic E-state index is -1.09. The van der Waals surface area contributed by atoms with Crippen LogP contribution in [0.15, 0.2) is 30.3 Å². The molecule has 1 aromatic carbocycles. The van der Waals surface area contributed by atoms with E-state index in [1.54, 1.807) is 62.3 Å². The molecule has 0 radical (unpaired) electrons. The maximum Gasteiger partial charge on any atom is 0.408 e. The van der Waals surface area contributed by atoms with Crippen molar-refractivity contribution in [3.05, 3.63) is 35.9 Å². The van der Waals surface area contributed by atoms with Gasteiger partial charge in [-0.15, -0.1) is 0 Å². The molecule has 1 unspecified atom stereocenters. The third-order valence-corrected chi connectivity index (χ3v) is 3.68. The summed E-state index contributed by atoms with van der Waals surface area (Å²) in [6.45, 7) is 15.4. The van der Waals surface area contributed by atoms with Gasteiger partial charge in [-0.3, -0.25) is 9.59 Å². The molecule has 8 nitrogen and oxygen atoms in total. The zero-order valence-corrected chi connectivity index (χ0v) is 20.6. The molecule has 0 aliphatic carbocycles. The van der Waals surface area contributed by atoms with Crippen molar-refractivity contribution < 1.29 is 33.8 Å². The molecular weight excluding hydrogens is 414 g/mol. The van der Waals surface area contributed by atoms with Crippen molar-refractivity contribution in [2.45, 2.75) is 80.4 Å². The fourth-order valence-electron chi connectivity index (χ4n) is 1.89. The van der Waals surface area contributed by atoms with Crippen molar-refractivity contribution in [1.29, 1.82) is 0 Å². The van der Waals surface area contributed by atoms with Gasteiger partial charge in [0.1, 0.15) is 11.6 Å². The molecule has 180 valence electrons. The summed E-state index contributed by atoms with van der Waals surface area (Å²) in [5, 5.41) is 11.5. The van der Waals surface area contributed by atoms with Crippen LogP contribution in [0.5, 0.6) is 0 Å². The van der Waals surface area contributed by atoms with E-state index in [1.807, 2.05) is 30.3 Å². The molecule has 2 N–H and O–H groups in total. The minimum absolute atomic E-state index is 0.218. The zero-order chi connectivity index (χ0) is 25.3. The summed E-state index contributed by atoms with van der Waals surface area (Å²) in [5.41, 5.74) is -1.06. The van der Waals surface area contributed by atoms with Crippen molar-refractivity contribution >= 4 is 24.0 Å². The molecule has 0 bridgehead atoms. The molecule has 0 spiro atoms. The number of benzene rings is 1. The smallest absolute Gasteiger partial charge is 0.408 e. The highest BCUT2D eigenvalue weighted by Crippen LogP contribution is 2.20. The average Bonchev–Trinajstić information content (AvgIpc) is 2.59. The third-order valence-electron chi connectivity index (χ3n) is 3.68. The van der Waals surface area contributed by atoms with Gasteiger partial charge >= 0.3 is 24.0 Å². The Morgan fingerprint density at radius 1 is 0.844 bits per heavy atom. The van der Waals surface area contributed by atoms with Crippen LogP contribution in [0.25, 0.3) is 0 Å². The molecule has 1 atom stereocenters. The summed E-state index contributed by atoms with van der Waals surface area (Å²) in [5.74, 6) is -2.05. The summed E-state index contributed by atoms with van der Waals surface area (Å²) in [6, 6.07) is 8.11. The predicted molar refractivity (Wildman–Crippen MR) is 121 cm³/mol. The van der Waals surface area contributed by atoms with Crippen LogP contribution >= 0.6 is 0 Å². The lowest BCUT2D eigenvalue weighted by atomic mass is 9.95. The van der Waals surface area contributed by atoms with Gasteiger partial charge in [0.2, 0.25) is 0 Å². The summed E-state index contributed by atoms with van der Waals surface area (Å²) < 4.78 is 9.74. The standard InChI is InChI=1S/C14H19NO4.C10H18O3/c1-14(2,3)19-13(18)15-11(12(16)17)9-10-7-5-4-6-8-10;1-9(2,3)7(11)13-8(12)10(4,5)6/h4-8,11H,9H2,1-3H3,(H,15,18)(H,16,17);1-6H3. The Bertz CT molecular complexity index is 757. The van der Waals surface area contributed by atoms with Crippen LogP contribution in [-0.2, 0) is 30.3 Å². The molecule has 1 aromatic rings. The predicted octanol–water partition coefficient (Wildman–Crippen LogP) is 4.36. The molecule has 0 fully saturated rings. The van der Waals surface area contributed by atoms with E-state index in [1.165, 1.54) is 0 Å². The van der Waals surface area contributed by atoms with E-state index in [4.69, 9.17) is 14.6 Å². The summed E-state index contributed by atoms with van der Waals surface area (Å²) in [4.78, 5) is 45.3. The van der Waals surface area contributed by atoms with Gasteiger partial charge in [-0.25, -0.2) is 9.59 Å². The van der Waals surface area contributed by atoms with Gasteiger partial charge in [-0.05, 0) is 67.9 Å². The number of hydrogen-bond acceptors (Lipinski definition) is 6. The summed E-state index contributed by atoms with van der Waals surface area (Å²) >= 11 is 0. The molecule has 0 aliphatic rings. The number of amides is 1. The first-order valence-electron chi connectivity index (χ1n) is 10.4. The molecule has 8 heteroatoms. The van der Waals surface area contributed by atoms with Gasteiger partial charge in [0.15, 0.2) is 0 Å². The number of esters is 2. The number of hydrogen-bond donors (Lipinski definition) is 2. The van der Waals surface area contributed by atoms with Crippen LogP contribution in [0.1, 0.15) is 67.9 Å².